The van der Waals surface area contributed by atoms with Crippen LogP contribution in [0.5, 0.6) is 0 Å². The van der Waals surface area contributed by atoms with E-state index >= 15 is 0 Å². The van der Waals surface area contributed by atoms with Crippen molar-refractivity contribution in [2.24, 2.45) is 0 Å². The van der Waals surface area contributed by atoms with Crippen LogP contribution in [0, 0.1) is 6.92 Å². The van der Waals surface area contributed by atoms with E-state index in [-0.39, 0.29) is 7.12 Å². The lowest BCUT2D eigenvalue weighted by molar-refractivity contribution is 1.11. The summed E-state index contributed by atoms with van der Waals surface area (Å²) in [6.07, 6.45) is 1.28. The number of hydrogen-bond donors (Lipinski definition) is 0. The summed E-state index contributed by atoms with van der Waals surface area (Å²) in [5, 5.41) is 1.51. The van der Waals surface area contributed by atoms with Crippen molar-refractivity contribution in [3.8, 4) is 0 Å². The van der Waals surface area contributed by atoms with Gasteiger partial charge in [-0.3, -0.25) is 0 Å². The largest absolute Gasteiger partial charge is 0.130 e. The van der Waals surface area contributed by atoms with Gasteiger partial charge in [-0.25, -0.2) is 0 Å². The normalized spacial score (nSPS) is 12.8. The first-order chi connectivity index (χ1) is 6.24. The minimum Gasteiger partial charge on any atom is -0.130 e. The molecule has 0 aliphatic carbocycles. The Bertz CT molecular complexity index is 243. The fourth-order valence-corrected chi connectivity index (χ4v) is 4.41. The first-order valence-electron chi connectivity index (χ1n) is 4.67. The molecule has 1 aromatic rings. The van der Waals surface area contributed by atoms with Crippen molar-refractivity contribution in [1.82, 2.24) is 0 Å². The maximum Gasteiger partial charge on any atom is -0.00252 e. The van der Waals surface area contributed by atoms with E-state index in [1.807, 2.05) is 0 Å². The number of hydrogen-bond acceptors (Lipinski definition) is 1. The third-order valence-corrected chi connectivity index (χ3v) is 6.23. The molecular weight excluding hydrogens is 195 g/mol. The molecule has 0 N–H and O–H groups in total. The molecule has 13 heavy (non-hydrogen) atoms. The summed E-state index contributed by atoms with van der Waals surface area (Å²) in [5.74, 6) is 1.29. The standard InChI is InChI=1S/C11H17PS/c1-4-9-13-12(3)11-7-5-10(2)6-8-11/h5-8H,4,9H2,1-3H3. The Hall–Kier alpha value is 0. The summed E-state index contributed by atoms with van der Waals surface area (Å²) in [5.41, 5.74) is 1.35. The topological polar surface area (TPSA) is 0 Å². The van der Waals surface area contributed by atoms with Crippen molar-refractivity contribution in [3.05, 3.63) is 29.8 Å². The number of benzene rings is 1. The zero-order chi connectivity index (χ0) is 9.68. The highest BCUT2D eigenvalue weighted by Gasteiger charge is 2.03. The molecule has 0 fully saturated rings. The monoisotopic (exact) mass is 212 g/mol. The maximum atomic E-state index is 2.35. The molecule has 2 heteroatoms. The van der Waals surface area contributed by atoms with Crippen LogP contribution in [0.25, 0.3) is 0 Å². The van der Waals surface area contributed by atoms with Crippen LogP contribution in [0.4, 0.5) is 0 Å². The van der Waals surface area contributed by atoms with Crippen molar-refractivity contribution in [2.45, 2.75) is 20.3 Å². The highest BCUT2D eigenvalue weighted by atomic mass is 32.7. The molecule has 0 aromatic heterocycles. The van der Waals surface area contributed by atoms with Crippen LogP contribution in [0.2, 0.25) is 0 Å². The van der Waals surface area contributed by atoms with E-state index in [9.17, 15) is 0 Å². The molecule has 1 aromatic carbocycles. The molecule has 1 atom stereocenters. The molecule has 0 radical (unpaired) electrons. The van der Waals surface area contributed by atoms with Gasteiger partial charge in [0.05, 0.1) is 0 Å². The lowest BCUT2D eigenvalue weighted by atomic mass is 10.2. The Morgan fingerprint density at radius 3 is 2.38 bits per heavy atom. The summed E-state index contributed by atoms with van der Waals surface area (Å²) < 4.78 is 0. The zero-order valence-corrected chi connectivity index (χ0v) is 10.3. The zero-order valence-electron chi connectivity index (χ0n) is 8.58. The van der Waals surface area contributed by atoms with Crippen LogP contribution in [0.3, 0.4) is 0 Å². The quantitative estimate of drug-likeness (QED) is 0.684. The van der Waals surface area contributed by atoms with Gasteiger partial charge in [-0.1, -0.05) is 36.8 Å². The van der Waals surface area contributed by atoms with Crippen molar-refractivity contribution in [1.29, 1.82) is 0 Å². The molecule has 0 heterocycles. The molecule has 0 bridgehead atoms. The first-order valence-corrected chi connectivity index (χ1v) is 8.05. The van der Waals surface area contributed by atoms with E-state index < -0.39 is 0 Å². The van der Waals surface area contributed by atoms with Gasteiger partial charge in [-0.15, -0.1) is 11.4 Å². The SMILES string of the molecule is CCCSP(C)c1ccc(C)cc1. The Morgan fingerprint density at radius 2 is 1.85 bits per heavy atom. The van der Waals surface area contributed by atoms with E-state index in [1.54, 1.807) is 0 Å². The van der Waals surface area contributed by atoms with Gasteiger partial charge in [-0.2, -0.15) is 0 Å². The molecule has 1 unspecified atom stereocenters. The summed E-state index contributed by atoms with van der Waals surface area (Å²) in [4.78, 5) is 0. The minimum atomic E-state index is 0.0227. The fraction of sp³-hybridized carbons (Fsp3) is 0.455. The van der Waals surface area contributed by atoms with Gasteiger partial charge in [0.1, 0.15) is 0 Å². The Morgan fingerprint density at radius 1 is 1.23 bits per heavy atom. The number of rotatable bonds is 4. The van der Waals surface area contributed by atoms with Gasteiger partial charge in [0.15, 0.2) is 0 Å². The van der Waals surface area contributed by atoms with Gasteiger partial charge in [-0.05, 0) is 38.2 Å². The van der Waals surface area contributed by atoms with Crippen LogP contribution >= 0.6 is 18.5 Å². The molecule has 0 saturated carbocycles. The average molecular weight is 212 g/mol. The van der Waals surface area contributed by atoms with E-state index in [0.29, 0.717) is 0 Å². The second-order valence-corrected chi connectivity index (χ2v) is 7.76. The smallest absolute Gasteiger partial charge is 0.00252 e. The van der Waals surface area contributed by atoms with Crippen molar-refractivity contribution < 1.29 is 0 Å². The maximum absolute atomic E-state index is 2.35. The molecule has 0 nitrogen and oxygen atoms in total. The molecule has 0 aliphatic rings. The van der Waals surface area contributed by atoms with Gasteiger partial charge in [0.25, 0.3) is 0 Å². The van der Waals surface area contributed by atoms with Crippen molar-refractivity contribution in [2.75, 3.05) is 12.4 Å². The lowest BCUT2D eigenvalue weighted by Crippen LogP contribution is -1.96. The molecule has 72 valence electrons. The first kappa shape index (κ1) is 11.1. The predicted molar refractivity (Wildman–Crippen MR) is 66.4 cm³/mol. The van der Waals surface area contributed by atoms with Crippen molar-refractivity contribution >= 4 is 23.8 Å². The Labute approximate surface area is 86.6 Å². The van der Waals surface area contributed by atoms with E-state index in [4.69, 9.17) is 0 Å². The molecule has 0 saturated heterocycles. The third-order valence-electron chi connectivity index (χ3n) is 1.89. The van der Waals surface area contributed by atoms with Crippen LogP contribution < -0.4 is 5.30 Å². The molecule has 0 aliphatic heterocycles. The van der Waals surface area contributed by atoms with Crippen LogP contribution in [0.1, 0.15) is 18.9 Å². The molecular formula is C11H17PS. The third kappa shape index (κ3) is 3.70. The lowest BCUT2D eigenvalue weighted by Gasteiger charge is -2.10. The summed E-state index contributed by atoms with van der Waals surface area (Å²) in [6.45, 7) is 6.73. The number of aryl methyl sites for hydroxylation is 1. The van der Waals surface area contributed by atoms with E-state index in [1.165, 1.54) is 23.0 Å². The van der Waals surface area contributed by atoms with Crippen LogP contribution in [0.15, 0.2) is 24.3 Å². The van der Waals surface area contributed by atoms with Crippen LogP contribution in [-0.2, 0) is 0 Å². The second-order valence-electron chi connectivity index (χ2n) is 3.17. The average Bonchev–Trinajstić information content (AvgIpc) is 2.15. The summed E-state index contributed by atoms with van der Waals surface area (Å²) >= 11 is 2.10. The highest BCUT2D eigenvalue weighted by Crippen LogP contribution is 2.44. The Balaban J connectivity index is 2.55. The van der Waals surface area contributed by atoms with Crippen molar-refractivity contribution in [3.63, 3.8) is 0 Å². The van der Waals surface area contributed by atoms with Gasteiger partial charge in [0.2, 0.25) is 0 Å². The van der Waals surface area contributed by atoms with Gasteiger partial charge >= 0.3 is 0 Å². The van der Waals surface area contributed by atoms with E-state index in [2.05, 4.69) is 56.2 Å². The molecule has 0 spiro atoms. The van der Waals surface area contributed by atoms with E-state index in [0.717, 1.165) is 0 Å². The summed E-state index contributed by atoms with van der Waals surface area (Å²) in [7, 11) is 0.0227. The minimum absolute atomic E-state index is 0.0227. The molecule has 0 amide bonds. The molecule has 1 rings (SSSR count). The predicted octanol–water partition coefficient (Wildman–Crippen LogP) is 3.79. The Kier molecular flexibility index (Phi) is 4.83. The fourth-order valence-electron chi connectivity index (χ4n) is 1.06. The van der Waals surface area contributed by atoms with Gasteiger partial charge in [0, 0.05) is 0 Å². The van der Waals surface area contributed by atoms with Crippen LogP contribution in [-0.4, -0.2) is 12.4 Å². The highest BCUT2D eigenvalue weighted by molar-refractivity contribution is 8.57. The van der Waals surface area contributed by atoms with Gasteiger partial charge < -0.3 is 0 Å². The second kappa shape index (κ2) is 5.67. The summed E-state index contributed by atoms with van der Waals surface area (Å²) in [6, 6.07) is 8.95.